The van der Waals surface area contributed by atoms with Gasteiger partial charge in [-0.2, -0.15) is 0 Å². The van der Waals surface area contributed by atoms with E-state index < -0.39 is 0 Å². The van der Waals surface area contributed by atoms with Crippen LogP contribution in [0.2, 0.25) is 0 Å². The third kappa shape index (κ3) is 4.48. The fourth-order valence-electron chi connectivity index (χ4n) is 8.77. The summed E-state index contributed by atoms with van der Waals surface area (Å²) in [5, 5.41) is 12.4. The van der Waals surface area contributed by atoms with Crippen LogP contribution in [0, 0.1) is 0 Å². The molecule has 0 radical (unpaired) electrons. The predicted octanol–water partition coefficient (Wildman–Crippen LogP) is 14.5. The van der Waals surface area contributed by atoms with Crippen LogP contribution in [-0.4, -0.2) is 0 Å². The van der Waals surface area contributed by atoms with E-state index in [0.717, 1.165) is 21.9 Å². The average molecular weight is 653 g/mol. The van der Waals surface area contributed by atoms with Crippen molar-refractivity contribution in [3.05, 3.63) is 169 Å². The lowest BCUT2D eigenvalue weighted by molar-refractivity contribution is 0.601. The lowest BCUT2D eigenvalue weighted by Crippen LogP contribution is -2.13. The summed E-state index contributed by atoms with van der Waals surface area (Å²) in [6.07, 6.45) is 0. The Balaban J connectivity index is 1.26. The van der Waals surface area contributed by atoms with E-state index in [-0.39, 0.29) is 5.41 Å². The van der Waals surface area contributed by atoms with Gasteiger partial charge in [0.05, 0.1) is 0 Å². The zero-order valence-electron chi connectivity index (χ0n) is 29.0. The molecule has 0 atom stereocenters. The fraction of sp³-hybridized carbons (Fsp3) is 0.0800. The summed E-state index contributed by atoms with van der Waals surface area (Å²) in [6, 6.07) is 59.7. The molecule has 0 amide bonds. The predicted molar refractivity (Wildman–Crippen MR) is 219 cm³/mol. The van der Waals surface area contributed by atoms with Gasteiger partial charge in [-0.15, -0.1) is 0 Å². The summed E-state index contributed by atoms with van der Waals surface area (Å²) in [5.74, 6) is 0. The number of furan rings is 1. The van der Waals surface area contributed by atoms with Crippen molar-refractivity contribution in [3.8, 4) is 33.4 Å². The third-order valence-corrected chi connectivity index (χ3v) is 10.7. The van der Waals surface area contributed by atoms with Crippen LogP contribution in [0.25, 0.3) is 98.4 Å². The summed E-state index contributed by atoms with van der Waals surface area (Å²) in [4.78, 5) is 0. The van der Waals surface area contributed by atoms with Crippen LogP contribution in [0.5, 0.6) is 0 Å². The molecule has 0 unspecified atom stereocenters. The number of rotatable bonds is 3. The van der Waals surface area contributed by atoms with Gasteiger partial charge < -0.3 is 4.42 Å². The van der Waals surface area contributed by atoms with Gasteiger partial charge in [0.1, 0.15) is 11.2 Å². The molecule has 1 nitrogen and oxygen atoms in total. The van der Waals surface area contributed by atoms with Gasteiger partial charge in [0, 0.05) is 10.8 Å². The van der Waals surface area contributed by atoms with Gasteiger partial charge in [-0.3, -0.25) is 0 Å². The molecule has 51 heavy (non-hydrogen) atoms. The fourth-order valence-corrected chi connectivity index (χ4v) is 8.77. The maximum atomic E-state index is 6.80. The van der Waals surface area contributed by atoms with Crippen LogP contribution < -0.4 is 0 Å². The first-order valence-corrected chi connectivity index (χ1v) is 17.9. The molecule has 1 heteroatoms. The van der Waals surface area contributed by atoms with Crippen LogP contribution in [0.1, 0.15) is 26.3 Å². The normalized spacial score (nSPS) is 12.2. The van der Waals surface area contributed by atoms with Gasteiger partial charge >= 0.3 is 0 Å². The van der Waals surface area contributed by atoms with Gasteiger partial charge in [-0.1, -0.05) is 166 Å². The van der Waals surface area contributed by atoms with Gasteiger partial charge in [-0.25, -0.2) is 0 Å². The largest absolute Gasteiger partial charge is 0.456 e. The molecule has 0 saturated carbocycles. The van der Waals surface area contributed by atoms with Crippen LogP contribution in [0.3, 0.4) is 0 Å². The highest BCUT2D eigenvalue weighted by atomic mass is 16.3. The van der Waals surface area contributed by atoms with Crippen molar-refractivity contribution in [1.82, 2.24) is 0 Å². The second kappa shape index (κ2) is 11.2. The van der Waals surface area contributed by atoms with E-state index in [2.05, 4.69) is 185 Å². The first-order chi connectivity index (χ1) is 25.0. The monoisotopic (exact) mass is 652 g/mol. The molecule has 9 aromatic carbocycles. The minimum Gasteiger partial charge on any atom is -0.456 e. The second-order valence-corrected chi connectivity index (χ2v) is 14.8. The van der Waals surface area contributed by atoms with Gasteiger partial charge in [0.2, 0.25) is 0 Å². The van der Waals surface area contributed by atoms with Crippen molar-refractivity contribution in [1.29, 1.82) is 0 Å². The minimum atomic E-state index is -0.00945. The van der Waals surface area contributed by atoms with Crippen LogP contribution in [0.15, 0.2) is 168 Å². The molecule has 1 heterocycles. The molecule has 0 aliphatic rings. The van der Waals surface area contributed by atoms with E-state index in [9.17, 15) is 0 Å². The topological polar surface area (TPSA) is 13.1 Å². The molecule has 242 valence electrons. The van der Waals surface area contributed by atoms with Crippen molar-refractivity contribution >= 4 is 65.0 Å². The molecule has 0 aliphatic heterocycles. The Morgan fingerprint density at radius 2 is 0.824 bits per heavy atom. The Morgan fingerprint density at radius 3 is 1.37 bits per heavy atom. The highest BCUT2D eigenvalue weighted by Crippen LogP contribution is 2.48. The Hall–Kier alpha value is -6.18. The molecule has 0 saturated heterocycles. The molecule has 0 bridgehead atoms. The first kappa shape index (κ1) is 29.7. The van der Waals surface area contributed by atoms with Gasteiger partial charge in [-0.05, 0) is 106 Å². The van der Waals surface area contributed by atoms with E-state index in [4.69, 9.17) is 4.42 Å². The van der Waals surface area contributed by atoms with Crippen LogP contribution >= 0.6 is 0 Å². The Bertz CT molecular complexity index is 2880. The van der Waals surface area contributed by atoms with E-state index in [1.807, 2.05) is 0 Å². The highest BCUT2D eigenvalue weighted by Gasteiger charge is 2.24. The van der Waals surface area contributed by atoms with Gasteiger partial charge in [0.25, 0.3) is 0 Å². The maximum Gasteiger partial charge on any atom is 0.136 e. The summed E-state index contributed by atoms with van der Waals surface area (Å²) in [7, 11) is 0. The maximum absolute atomic E-state index is 6.80. The highest BCUT2D eigenvalue weighted by molar-refractivity contribution is 6.26. The Morgan fingerprint density at radius 1 is 0.353 bits per heavy atom. The Labute approximate surface area is 297 Å². The summed E-state index contributed by atoms with van der Waals surface area (Å²) in [5.41, 5.74) is 10.5. The first-order valence-electron chi connectivity index (χ1n) is 17.9. The molecular weight excluding hydrogens is 617 g/mol. The van der Waals surface area contributed by atoms with Crippen molar-refractivity contribution in [2.24, 2.45) is 0 Å². The van der Waals surface area contributed by atoms with Crippen molar-refractivity contribution < 1.29 is 4.42 Å². The standard InChI is InChI=1S/C50H36O/c1-50(2,3)49-39-24-13-11-22-37(39)46(38-23-12-14-25-40(38)49)32-28-29-41-44(30-32)51-43-27-15-26-42(48(41)43)47-35-20-9-7-18-33(35)45(31-16-5-4-6-17-31)34-19-8-10-21-36(34)47/h4-30H,1-3H3. The second-order valence-electron chi connectivity index (χ2n) is 14.8. The number of benzene rings is 9. The van der Waals surface area contributed by atoms with E-state index in [1.54, 1.807) is 0 Å². The smallest absolute Gasteiger partial charge is 0.136 e. The van der Waals surface area contributed by atoms with Crippen LogP contribution in [-0.2, 0) is 5.41 Å². The number of fused-ring (bicyclic) bond motifs is 7. The minimum absolute atomic E-state index is 0.00945. The average Bonchev–Trinajstić information content (AvgIpc) is 3.54. The molecule has 0 aliphatic carbocycles. The SMILES string of the molecule is CC(C)(C)c1c2ccccc2c(-c2ccc3c(c2)oc2cccc(-c4c5ccccc5c(-c5ccccc5)c5ccccc45)c23)c2ccccc12. The summed E-state index contributed by atoms with van der Waals surface area (Å²) < 4.78 is 6.80. The molecule has 0 spiro atoms. The molecule has 0 fully saturated rings. The van der Waals surface area contributed by atoms with E-state index >= 15 is 0 Å². The molecule has 0 N–H and O–H groups in total. The van der Waals surface area contributed by atoms with Crippen molar-refractivity contribution in [3.63, 3.8) is 0 Å². The quantitative estimate of drug-likeness (QED) is 0.173. The summed E-state index contributed by atoms with van der Waals surface area (Å²) >= 11 is 0. The number of hydrogen-bond acceptors (Lipinski definition) is 1. The third-order valence-electron chi connectivity index (χ3n) is 10.7. The van der Waals surface area contributed by atoms with Crippen molar-refractivity contribution in [2.45, 2.75) is 26.2 Å². The lowest BCUT2D eigenvalue weighted by Gasteiger charge is -2.26. The Kier molecular flexibility index (Phi) is 6.51. The van der Waals surface area contributed by atoms with E-state index in [1.165, 1.54) is 82.0 Å². The molecular formula is C50H36O. The molecule has 10 aromatic rings. The lowest BCUT2D eigenvalue weighted by atomic mass is 9.78. The molecule has 1 aromatic heterocycles. The van der Waals surface area contributed by atoms with Crippen molar-refractivity contribution in [2.75, 3.05) is 0 Å². The summed E-state index contributed by atoms with van der Waals surface area (Å²) in [6.45, 7) is 6.96. The number of hydrogen-bond donors (Lipinski definition) is 0. The zero-order chi connectivity index (χ0) is 34.3. The van der Waals surface area contributed by atoms with Crippen LogP contribution in [0.4, 0.5) is 0 Å². The van der Waals surface area contributed by atoms with E-state index in [0.29, 0.717) is 0 Å². The van der Waals surface area contributed by atoms with Gasteiger partial charge in [0.15, 0.2) is 0 Å². The molecule has 10 rings (SSSR count). The zero-order valence-corrected chi connectivity index (χ0v) is 29.0.